The predicted octanol–water partition coefficient (Wildman–Crippen LogP) is 2.31. The molecule has 0 saturated carbocycles. The van der Waals surface area contributed by atoms with Crippen LogP contribution < -0.4 is 5.32 Å². The van der Waals surface area contributed by atoms with Crippen molar-refractivity contribution in [3.8, 4) is 0 Å². The zero-order chi connectivity index (χ0) is 13.0. The second kappa shape index (κ2) is 5.76. The van der Waals surface area contributed by atoms with Gasteiger partial charge in [-0.15, -0.1) is 0 Å². The lowest BCUT2D eigenvalue weighted by Crippen LogP contribution is -2.25. The van der Waals surface area contributed by atoms with Crippen LogP contribution in [0.25, 0.3) is 0 Å². The van der Waals surface area contributed by atoms with Crippen LogP contribution >= 0.6 is 0 Å². The SMILES string of the molecule is CCCNCc1cc(C)nc(C2(C)CCCO2)n1. The maximum absolute atomic E-state index is 5.82. The molecule has 18 heavy (non-hydrogen) atoms. The van der Waals surface area contributed by atoms with Crippen LogP contribution in [-0.4, -0.2) is 23.1 Å². The van der Waals surface area contributed by atoms with E-state index in [0.717, 1.165) is 56.2 Å². The van der Waals surface area contributed by atoms with Gasteiger partial charge in [-0.25, -0.2) is 9.97 Å². The largest absolute Gasteiger partial charge is 0.367 e. The number of nitrogens with one attached hydrogen (secondary N) is 1. The monoisotopic (exact) mass is 249 g/mol. The lowest BCUT2D eigenvalue weighted by atomic mass is 10.0. The highest BCUT2D eigenvalue weighted by Crippen LogP contribution is 2.33. The topological polar surface area (TPSA) is 47.0 Å². The van der Waals surface area contributed by atoms with Gasteiger partial charge in [0.15, 0.2) is 5.82 Å². The summed E-state index contributed by atoms with van der Waals surface area (Å²) in [6.45, 7) is 8.92. The zero-order valence-corrected chi connectivity index (χ0v) is 11.6. The number of aryl methyl sites for hydroxylation is 1. The van der Waals surface area contributed by atoms with Gasteiger partial charge in [0.1, 0.15) is 5.60 Å². The molecule has 1 aliphatic heterocycles. The van der Waals surface area contributed by atoms with Crippen LogP contribution in [0.15, 0.2) is 6.07 Å². The summed E-state index contributed by atoms with van der Waals surface area (Å²) in [5.41, 5.74) is 1.79. The first-order valence-electron chi connectivity index (χ1n) is 6.84. The fourth-order valence-corrected chi connectivity index (χ4v) is 2.31. The molecule has 0 aliphatic carbocycles. The maximum Gasteiger partial charge on any atom is 0.160 e. The van der Waals surface area contributed by atoms with E-state index < -0.39 is 0 Å². The predicted molar refractivity (Wildman–Crippen MR) is 71.3 cm³/mol. The van der Waals surface area contributed by atoms with E-state index in [1.54, 1.807) is 0 Å². The molecule has 1 fully saturated rings. The van der Waals surface area contributed by atoms with E-state index in [-0.39, 0.29) is 5.60 Å². The minimum atomic E-state index is -0.286. The molecular weight excluding hydrogens is 226 g/mol. The number of rotatable bonds is 5. The van der Waals surface area contributed by atoms with Crippen LogP contribution in [0.4, 0.5) is 0 Å². The quantitative estimate of drug-likeness (QED) is 0.813. The Bertz CT molecular complexity index is 400. The molecule has 1 aromatic rings. The molecule has 1 aliphatic rings. The van der Waals surface area contributed by atoms with E-state index in [0.29, 0.717) is 0 Å². The fraction of sp³-hybridized carbons (Fsp3) is 0.714. The van der Waals surface area contributed by atoms with Crippen LogP contribution in [-0.2, 0) is 16.9 Å². The van der Waals surface area contributed by atoms with Crippen LogP contribution in [0.3, 0.4) is 0 Å². The van der Waals surface area contributed by atoms with E-state index in [9.17, 15) is 0 Å². The Balaban J connectivity index is 2.15. The molecule has 1 aromatic heterocycles. The normalized spacial score (nSPS) is 23.5. The molecule has 0 aromatic carbocycles. The van der Waals surface area contributed by atoms with Gasteiger partial charge >= 0.3 is 0 Å². The van der Waals surface area contributed by atoms with E-state index >= 15 is 0 Å². The second-order valence-corrected chi connectivity index (χ2v) is 5.18. The number of nitrogens with zero attached hydrogens (tertiary/aromatic N) is 2. The summed E-state index contributed by atoms with van der Waals surface area (Å²) < 4.78 is 5.82. The van der Waals surface area contributed by atoms with Gasteiger partial charge in [-0.2, -0.15) is 0 Å². The standard InChI is InChI=1S/C14H23N3O/c1-4-7-15-10-12-9-11(2)16-13(17-12)14(3)6-5-8-18-14/h9,15H,4-8,10H2,1-3H3. The smallest absolute Gasteiger partial charge is 0.160 e. The summed E-state index contributed by atoms with van der Waals surface area (Å²) in [6, 6.07) is 2.05. The average Bonchev–Trinajstić information content (AvgIpc) is 2.77. The van der Waals surface area contributed by atoms with E-state index in [4.69, 9.17) is 4.74 Å². The third-order valence-electron chi connectivity index (χ3n) is 3.33. The summed E-state index contributed by atoms with van der Waals surface area (Å²) >= 11 is 0. The third kappa shape index (κ3) is 3.06. The Morgan fingerprint density at radius 1 is 1.44 bits per heavy atom. The molecule has 2 heterocycles. The number of ether oxygens (including phenoxy) is 1. The summed E-state index contributed by atoms with van der Waals surface area (Å²) in [6.07, 6.45) is 3.24. The Hall–Kier alpha value is -1.00. The molecule has 1 saturated heterocycles. The Labute approximate surface area is 109 Å². The number of hydrogen-bond donors (Lipinski definition) is 1. The third-order valence-corrected chi connectivity index (χ3v) is 3.33. The highest BCUT2D eigenvalue weighted by atomic mass is 16.5. The van der Waals surface area contributed by atoms with Gasteiger partial charge < -0.3 is 10.1 Å². The van der Waals surface area contributed by atoms with Crippen LogP contribution in [0.2, 0.25) is 0 Å². The molecule has 4 nitrogen and oxygen atoms in total. The van der Waals surface area contributed by atoms with Gasteiger partial charge in [-0.1, -0.05) is 6.92 Å². The van der Waals surface area contributed by atoms with Gasteiger partial charge in [0.2, 0.25) is 0 Å². The molecular formula is C14H23N3O. The van der Waals surface area contributed by atoms with E-state index in [1.807, 2.05) is 13.0 Å². The van der Waals surface area contributed by atoms with Gasteiger partial charge in [0.25, 0.3) is 0 Å². The highest BCUT2D eigenvalue weighted by molar-refractivity contribution is 5.14. The van der Waals surface area contributed by atoms with Crippen molar-refractivity contribution in [3.63, 3.8) is 0 Å². The van der Waals surface area contributed by atoms with Crippen molar-refractivity contribution in [2.24, 2.45) is 0 Å². The van der Waals surface area contributed by atoms with Crippen molar-refractivity contribution in [3.05, 3.63) is 23.3 Å². The lowest BCUT2D eigenvalue weighted by molar-refractivity contribution is 0.00900. The van der Waals surface area contributed by atoms with E-state index in [1.165, 1.54) is 0 Å². The Morgan fingerprint density at radius 2 is 2.28 bits per heavy atom. The lowest BCUT2D eigenvalue weighted by Gasteiger charge is -2.22. The first kappa shape index (κ1) is 13.4. The molecule has 1 atom stereocenters. The summed E-state index contributed by atoms with van der Waals surface area (Å²) in [5, 5.41) is 3.38. The van der Waals surface area contributed by atoms with Crippen LogP contribution in [0.5, 0.6) is 0 Å². The molecule has 0 bridgehead atoms. The van der Waals surface area contributed by atoms with Crippen molar-refractivity contribution >= 4 is 0 Å². The van der Waals surface area contributed by atoms with Crippen molar-refractivity contribution in [1.82, 2.24) is 15.3 Å². The molecule has 4 heteroatoms. The molecule has 1 N–H and O–H groups in total. The molecule has 100 valence electrons. The maximum atomic E-state index is 5.82. The molecule has 2 rings (SSSR count). The summed E-state index contributed by atoms with van der Waals surface area (Å²) in [5.74, 6) is 0.841. The molecule has 0 spiro atoms. The first-order chi connectivity index (χ1) is 8.64. The number of aromatic nitrogens is 2. The van der Waals surface area contributed by atoms with Gasteiger partial charge in [0.05, 0.1) is 5.69 Å². The van der Waals surface area contributed by atoms with Gasteiger partial charge in [-0.05, 0) is 45.7 Å². The Kier molecular flexibility index (Phi) is 4.30. The number of hydrogen-bond acceptors (Lipinski definition) is 4. The molecule has 0 amide bonds. The van der Waals surface area contributed by atoms with Gasteiger partial charge in [0, 0.05) is 18.8 Å². The fourth-order valence-electron chi connectivity index (χ4n) is 2.31. The highest BCUT2D eigenvalue weighted by Gasteiger charge is 2.35. The van der Waals surface area contributed by atoms with Crippen molar-refractivity contribution < 1.29 is 4.74 Å². The first-order valence-corrected chi connectivity index (χ1v) is 6.84. The second-order valence-electron chi connectivity index (χ2n) is 5.18. The van der Waals surface area contributed by atoms with Crippen molar-refractivity contribution in [2.45, 2.75) is 52.2 Å². The Morgan fingerprint density at radius 3 is 2.94 bits per heavy atom. The van der Waals surface area contributed by atoms with Crippen molar-refractivity contribution in [2.75, 3.05) is 13.2 Å². The summed E-state index contributed by atoms with van der Waals surface area (Å²) in [4.78, 5) is 9.21. The average molecular weight is 249 g/mol. The van der Waals surface area contributed by atoms with Gasteiger partial charge in [-0.3, -0.25) is 0 Å². The van der Waals surface area contributed by atoms with Crippen molar-refractivity contribution in [1.29, 1.82) is 0 Å². The minimum absolute atomic E-state index is 0.286. The van der Waals surface area contributed by atoms with E-state index in [2.05, 4.69) is 29.1 Å². The minimum Gasteiger partial charge on any atom is -0.367 e. The summed E-state index contributed by atoms with van der Waals surface area (Å²) in [7, 11) is 0. The molecule has 1 unspecified atom stereocenters. The van der Waals surface area contributed by atoms with Crippen LogP contribution in [0.1, 0.15) is 50.3 Å². The zero-order valence-electron chi connectivity index (χ0n) is 11.6. The van der Waals surface area contributed by atoms with Crippen LogP contribution in [0, 0.1) is 6.92 Å². The molecule has 0 radical (unpaired) electrons.